The molecule has 2 aromatic carbocycles. The number of nitrogens with one attached hydrogen (secondary N) is 2. The van der Waals surface area contributed by atoms with Crippen molar-refractivity contribution < 1.29 is 13.2 Å². The molecule has 0 aliphatic carbocycles. The summed E-state index contributed by atoms with van der Waals surface area (Å²) in [5, 5.41) is 17.3. The predicted molar refractivity (Wildman–Crippen MR) is 124 cm³/mol. The number of aryl methyl sites for hydroxylation is 1. The summed E-state index contributed by atoms with van der Waals surface area (Å²) in [5.41, 5.74) is 4.64. The second-order valence-electron chi connectivity index (χ2n) is 7.88. The van der Waals surface area contributed by atoms with Gasteiger partial charge in [-0.1, -0.05) is 62.4 Å². The summed E-state index contributed by atoms with van der Waals surface area (Å²) in [4.78, 5) is 7.44. The number of anilines is 1. The fraction of sp³-hybridized carbons (Fsp3) is 0.261. The number of alkyl halides is 3. The third kappa shape index (κ3) is 5.63. The first-order chi connectivity index (χ1) is 15.7. The number of aromatic nitrogens is 6. The van der Waals surface area contributed by atoms with Crippen molar-refractivity contribution in [2.45, 2.75) is 39.4 Å². The van der Waals surface area contributed by atoms with E-state index < -0.39 is 12.0 Å². The van der Waals surface area contributed by atoms with Gasteiger partial charge in [-0.15, -0.1) is 10.2 Å². The van der Waals surface area contributed by atoms with Crippen LogP contribution in [-0.2, 0) is 12.7 Å². The Morgan fingerprint density at radius 3 is 2.24 bits per heavy atom. The minimum absolute atomic E-state index is 0. The molecule has 1 radical (unpaired) electrons. The third-order valence-electron chi connectivity index (χ3n) is 5.21. The minimum Gasteiger partial charge on any atom is -0.366 e. The number of hydrogen-bond donors (Lipinski definition) is 2. The molecule has 0 saturated heterocycles. The number of hydrogen-bond acceptors (Lipinski definition) is 6. The van der Waals surface area contributed by atoms with E-state index >= 15 is 0 Å². The van der Waals surface area contributed by atoms with Crippen molar-refractivity contribution in [2.24, 2.45) is 0 Å². The zero-order chi connectivity index (χ0) is 23.6. The molecule has 0 aliphatic heterocycles. The van der Waals surface area contributed by atoms with Crippen LogP contribution >= 0.6 is 0 Å². The Labute approximate surface area is 216 Å². The van der Waals surface area contributed by atoms with E-state index in [2.05, 4.69) is 35.9 Å². The van der Waals surface area contributed by atoms with Crippen LogP contribution in [0.15, 0.2) is 48.5 Å². The van der Waals surface area contributed by atoms with Gasteiger partial charge in [0.05, 0.1) is 0 Å². The summed E-state index contributed by atoms with van der Waals surface area (Å²) in [6.45, 7) is 5.70. The van der Waals surface area contributed by atoms with Gasteiger partial charge >= 0.3 is 6.18 Å². The monoisotopic (exact) mass is 476 g/mol. The van der Waals surface area contributed by atoms with Gasteiger partial charge in [0, 0.05) is 52.9 Å². The first-order valence-electron chi connectivity index (χ1n) is 10.4. The zero-order valence-corrected chi connectivity index (χ0v) is 21.3. The molecule has 0 amide bonds. The number of aromatic amines is 1. The van der Waals surface area contributed by atoms with Crippen LogP contribution in [-0.4, -0.2) is 60.1 Å². The Hall–Kier alpha value is -2.82. The number of nitrogens with zero attached hydrogens (tertiary/aromatic N) is 5. The summed E-state index contributed by atoms with van der Waals surface area (Å²) >= 11 is 0. The number of tetrazole rings is 1. The van der Waals surface area contributed by atoms with Crippen molar-refractivity contribution in [2.75, 3.05) is 5.32 Å². The van der Waals surface area contributed by atoms with Gasteiger partial charge in [-0.25, -0.2) is 9.97 Å². The molecule has 2 N–H and O–H groups in total. The number of halogens is 3. The van der Waals surface area contributed by atoms with Crippen LogP contribution in [0.25, 0.3) is 22.5 Å². The van der Waals surface area contributed by atoms with Crippen molar-refractivity contribution in [1.82, 2.24) is 30.6 Å². The number of H-pyrrole nitrogens is 1. The molecule has 0 aliphatic rings. The fourth-order valence-electron chi connectivity index (χ4n) is 3.73. The predicted octanol–water partition coefficient (Wildman–Crippen LogP) is 5.01. The van der Waals surface area contributed by atoms with Gasteiger partial charge in [0.2, 0.25) is 11.6 Å². The largest absolute Gasteiger partial charge is 0.451 e. The van der Waals surface area contributed by atoms with Gasteiger partial charge in [0.15, 0.2) is 0 Å². The average molecular weight is 476 g/mol. The molecule has 2 aromatic heterocycles. The molecule has 2 heterocycles. The molecule has 11 heteroatoms. The van der Waals surface area contributed by atoms with Gasteiger partial charge in [0.25, 0.3) is 0 Å². The summed E-state index contributed by atoms with van der Waals surface area (Å²) in [5.74, 6) is -0.465. The average Bonchev–Trinajstić information content (AvgIpc) is 3.31. The molecular formula is C23H22F3N7Na. The summed E-state index contributed by atoms with van der Waals surface area (Å²) in [7, 11) is 0. The normalized spacial score (nSPS) is 11.4. The molecule has 34 heavy (non-hydrogen) atoms. The second-order valence-corrected chi connectivity index (χ2v) is 7.88. The van der Waals surface area contributed by atoms with E-state index in [0.29, 0.717) is 23.6 Å². The van der Waals surface area contributed by atoms with Crippen LogP contribution in [0.3, 0.4) is 0 Å². The van der Waals surface area contributed by atoms with Crippen LogP contribution in [0.4, 0.5) is 19.0 Å². The molecule has 171 valence electrons. The van der Waals surface area contributed by atoms with Crippen molar-refractivity contribution in [3.8, 4) is 22.5 Å². The van der Waals surface area contributed by atoms with Crippen LogP contribution in [0, 0.1) is 6.92 Å². The Bertz CT molecular complexity index is 1240. The van der Waals surface area contributed by atoms with Crippen LogP contribution in [0.5, 0.6) is 0 Å². The maximum atomic E-state index is 13.2. The number of benzene rings is 2. The second kappa shape index (κ2) is 10.6. The van der Waals surface area contributed by atoms with E-state index in [-0.39, 0.29) is 41.3 Å². The van der Waals surface area contributed by atoms with E-state index in [0.717, 1.165) is 22.3 Å². The molecule has 0 bridgehead atoms. The van der Waals surface area contributed by atoms with Gasteiger partial charge < -0.3 is 5.32 Å². The summed E-state index contributed by atoms with van der Waals surface area (Å²) in [6.07, 6.45) is -4.61. The Kier molecular flexibility index (Phi) is 8.06. The molecular weight excluding hydrogens is 454 g/mol. The summed E-state index contributed by atoms with van der Waals surface area (Å²) < 4.78 is 39.6. The SMILES string of the molecule is Cc1nc(C(F)(F)F)nc(NCc2ccc(-c3ccccc3-c3nn[nH]n3)cc2)c1C(C)C.[Na]. The molecule has 0 atom stereocenters. The Morgan fingerprint density at radius 1 is 0.971 bits per heavy atom. The molecule has 4 rings (SSSR count). The van der Waals surface area contributed by atoms with E-state index in [1.807, 2.05) is 62.4 Å². The molecule has 0 spiro atoms. The van der Waals surface area contributed by atoms with Gasteiger partial charge in [-0.2, -0.15) is 18.4 Å². The maximum absolute atomic E-state index is 13.2. The van der Waals surface area contributed by atoms with Crippen LogP contribution in [0.1, 0.15) is 42.4 Å². The fourth-order valence-corrected chi connectivity index (χ4v) is 3.73. The first kappa shape index (κ1) is 25.8. The van der Waals surface area contributed by atoms with Crippen molar-refractivity contribution in [3.63, 3.8) is 0 Å². The third-order valence-corrected chi connectivity index (χ3v) is 5.21. The Morgan fingerprint density at radius 2 is 1.65 bits per heavy atom. The van der Waals surface area contributed by atoms with Gasteiger partial charge in [-0.05, 0) is 34.7 Å². The topological polar surface area (TPSA) is 92.3 Å². The maximum Gasteiger partial charge on any atom is 0.451 e. The molecule has 4 aromatic rings. The molecule has 0 unspecified atom stereocenters. The van der Waals surface area contributed by atoms with Crippen LogP contribution < -0.4 is 5.32 Å². The van der Waals surface area contributed by atoms with Crippen molar-refractivity contribution in [3.05, 3.63) is 71.2 Å². The standard InChI is InChI=1S/C23H22F3N7.Na/c1-13(2)19-14(3)28-22(23(24,25)26)29-21(19)27-12-15-8-10-16(11-9-15)17-6-4-5-7-18(17)20-30-32-33-31-20;/h4-11,13H,12H2,1-3H3,(H,27,28,29)(H,30,31,32,33);. The minimum atomic E-state index is -4.61. The zero-order valence-electron chi connectivity index (χ0n) is 19.3. The van der Waals surface area contributed by atoms with E-state index in [1.165, 1.54) is 0 Å². The number of rotatable bonds is 6. The van der Waals surface area contributed by atoms with Gasteiger partial charge in [0.1, 0.15) is 5.82 Å². The summed E-state index contributed by atoms with van der Waals surface area (Å²) in [6, 6.07) is 15.5. The smallest absolute Gasteiger partial charge is 0.366 e. The first-order valence-corrected chi connectivity index (χ1v) is 10.4. The molecule has 0 fully saturated rings. The molecule has 0 saturated carbocycles. The van der Waals surface area contributed by atoms with E-state index in [9.17, 15) is 13.2 Å². The van der Waals surface area contributed by atoms with E-state index in [4.69, 9.17) is 0 Å². The van der Waals surface area contributed by atoms with Crippen molar-refractivity contribution >= 4 is 35.4 Å². The van der Waals surface area contributed by atoms with E-state index in [1.54, 1.807) is 6.92 Å². The van der Waals surface area contributed by atoms with Gasteiger partial charge in [-0.3, -0.25) is 0 Å². The van der Waals surface area contributed by atoms with Crippen LogP contribution in [0.2, 0.25) is 0 Å². The Balaban J connectivity index is 0.00000324. The quantitative estimate of drug-likeness (QED) is 0.380. The van der Waals surface area contributed by atoms with Crippen molar-refractivity contribution in [1.29, 1.82) is 0 Å². The molecule has 7 nitrogen and oxygen atoms in total.